The molecule has 0 radical (unpaired) electrons. The van der Waals surface area contributed by atoms with Gasteiger partial charge in [-0.2, -0.15) is 0 Å². The van der Waals surface area contributed by atoms with Crippen LogP contribution in [0.1, 0.15) is 16.5 Å². The number of thiophene rings is 1. The Morgan fingerprint density at radius 1 is 1.44 bits per heavy atom. The van der Waals surface area contributed by atoms with Gasteiger partial charge in [0, 0.05) is 17.0 Å². The van der Waals surface area contributed by atoms with Gasteiger partial charge in [-0.25, -0.2) is 4.79 Å². The van der Waals surface area contributed by atoms with E-state index in [9.17, 15) is 9.90 Å². The third-order valence-electron chi connectivity index (χ3n) is 2.39. The first kappa shape index (κ1) is 12.7. The summed E-state index contributed by atoms with van der Waals surface area (Å²) >= 11 is 1.58. The number of carbonyl (C=O) groups is 1. The van der Waals surface area contributed by atoms with E-state index in [2.05, 4.69) is 10.6 Å². The molecule has 1 atom stereocenters. The first-order chi connectivity index (χ1) is 8.75. The molecule has 0 aliphatic carbocycles. The highest BCUT2D eigenvalue weighted by molar-refractivity contribution is 7.09. The van der Waals surface area contributed by atoms with Gasteiger partial charge in [-0.1, -0.05) is 6.07 Å². The molecule has 0 saturated carbocycles. The van der Waals surface area contributed by atoms with Crippen LogP contribution in [0.5, 0.6) is 0 Å². The first-order valence-corrected chi connectivity index (χ1v) is 6.38. The molecule has 2 heterocycles. The van der Waals surface area contributed by atoms with Crippen molar-refractivity contribution in [3.63, 3.8) is 0 Å². The molecule has 0 aliphatic rings. The molecule has 5 nitrogen and oxygen atoms in total. The summed E-state index contributed by atoms with van der Waals surface area (Å²) in [5.74, 6) is 0. The van der Waals surface area contributed by atoms with Crippen molar-refractivity contribution in [2.24, 2.45) is 0 Å². The second-order valence-electron chi connectivity index (χ2n) is 3.72. The average Bonchev–Trinajstić information content (AvgIpc) is 3.05. The zero-order valence-electron chi connectivity index (χ0n) is 9.63. The van der Waals surface area contributed by atoms with Crippen LogP contribution in [0.25, 0.3) is 0 Å². The Balaban J connectivity index is 1.68. The number of aliphatic hydroxyl groups excluding tert-OH is 1. The van der Waals surface area contributed by atoms with Crippen LogP contribution in [0.3, 0.4) is 0 Å². The third-order valence-corrected chi connectivity index (χ3v) is 3.26. The molecule has 0 saturated heterocycles. The summed E-state index contributed by atoms with van der Waals surface area (Å²) in [7, 11) is 0. The van der Waals surface area contributed by atoms with E-state index in [1.54, 1.807) is 17.4 Å². The number of nitrogens with one attached hydrogen (secondary N) is 2. The minimum absolute atomic E-state index is 0.149. The van der Waals surface area contributed by atoms with E-state index in [0.717, 1.165) is 4.88 Å². The maximum Gasteiger partial charge on any atom is 0.315 e. The Hall–Kier alpha value is -1.79. The van der Waals surface area contributed by atoms with Crippen LogP contribution in [0.2, 0.25) is 0 Å². The largest absolute Gasteiger partial charge is 0.472 e. The molecule has 3 N–H and O–H groups in total. The molecule has 0 fully saturated rings. The van der Waals surface area contributed by atoms with Crippen molar-refractivity contribution in [1.82, 2.24) is 10.6 Å². The lowest BCUT2D eigenvalue weighted by Crippen LogP contribution is -2.37. The molecular weight excluding hydrogens is 252 g/mol. The topological polar surface area (TPSA) is 74.5 Å². The maximum absolute atomic E-state index is 11.5. The predicted octanol–water partition coefficient (Wildman–Crippen LogP) is 1.87. The number of urea groups is 1. The Morgan fingerprint density at radius 3 is 3.00 bits per heavy atom. The van der Waals surface area contributed by atoms with Gasteiger partial charge in [0.05, 0.1) is 25.2 Å². The monoisotopic (exact) mass is 266 g/mol. The van der Waals surface area contributed by atoms with Crippen molar-refractivity contribution >= 4 is 17.4 Å². The standard InChI is InChI=1S/C12H14N2O3S/c15-11(9-3-4-17-8-9)7-14-12(16)13-6-10-2-1-5-18-10/h1-5,8,11,15H,6-7H2,(H2,13,14,16)/t11-/m0/s1. The zero-order chi connectivity index (χ0) is 12.8. The van der Waals surface area contributed by atoms with Gasteiger partial charge in [-0.05, 0) is 17.5 Å². The number of aliphatic hydroxyl groups is 1. The Labute approximate surface area is 108 Å². The number of furan rings is 1. The molecule has 6 heteroatoms. The van der Waals surface area contributed by atoms with E-state index >= 15 is 0 Å². The van der Waals surface area contributed by atoms with Gasteiger partial charge >= 0.3 is 6.03 Å². The number of carbonyl (C=O) groups excluding carboxylic acids is 1. The molecule has 0 unspecified atom stereocenters. The van der Waals surface area contributed by atoms with Crippen LogP contribution in [0, 0.1) is 0 Å². The SMILES string of the molecule is O=C(NCc1cccs1)NC[C@H](O)c1ccoc1. The molecule has 2 rings (SSSR count). The van der Waals surface area contributed by atoms with Gasteiger partial charge < -0.3 is 20.2 Å². The van der Waals surface area contributed by atoms with E-state index in [1.165, 1.54) is 12.5 Å². The van der Waals surface area contributed by atoms with Crippen molar-refractivity contribution in [2.45, 2.75) is 12.6 Å². The fourth-order valence-corrected chi connectivity index (χ4v) is 2.06. The lowest BCUT2D eigenvalue weighted by atomic mass is 10.2. The van der Waals surface area contributed by atoms with E-state index in [4.69, 9.17) is 4.42 Å². The minimum Gasteiger partial charge on any atom is -0.472 e. The highest BCUT2D eigenvalue weighted by atomic mass is 32.1. The van der Waals surface area contributed by atoms with Crippen LogP contribution < -0.4 is 10.6 Å². The second-order valence-corrected chi connectivity index (χ2v) is 4.75. The van der Waals surface area contributed by atoms with Crippen molar-refractivity contribution in [1.29, 1.82) is 0 Å². The lowest BCUT2D eigenvalue weighted by molar-refractivity contribution is 0.172. The van der Waals surface area contributed by atoms with Gasteiger partial charge in [-0.3, -0.25) is 0 Å². The average molecular weight is 266 g/mol. The van der Waals surface area contributed by atoms with Crippen molar-refractivity contribution < 1.29 is 14.3 Å². The van der Waals surface area contributed by atoms with E-state index in [0.29, 0.717) is 12.1 Å². The predicted molar refractivity (Wildman–Crippen MR) is 68.2 cm³/mol. The van der Waals surface area contributed by atoms with Crippen molar-refractivity contribution in [3.8, 4) is 0 Å². The lowest BCUT2D eigenvalue weighted by Gasteiger charge is -2.10. The summed E-state index contributed by atoms with van der Waals surface area (Å²) in [6, 6.07) is 5.24. The molecule has 0 bridgehead atoms. The Kier molecular flexibility index (Phi) is 4.38. The highest BCUT2D eigenvalue weighted by Crippen LogP contribution is 2.11. The molecule has 18 heavy (non-hydrogen) atoms. The second kappa shape index (κ2) is 6.23. The number of rotatable bonds is 5. The zero-order valence-corrected chi connectivity index (χ0v) is 10.4. The minimum atomic E-state index is -0.753. The summed E-state index contributed by atoms with van der Waals surface area (Å²) in [5, 5.41) is 17.0. The summed E-state index contributed by atoms with van der Waals surface area (Å²) in [6.07, 6.45) is 2.18. The van der Waals surface area contributed by atoms with Gasteiger partial charge in [0.1, 0.15) is 0 Å². The molecule has 0 aliphatic heterocycles. The van der Waals surface area contributed by atoms with Gasteiger partial charge in [0.2, 0.25) is 0 Å². The Bertz CT molecular complexity index is 467. The summed E-state index contributed by atoms with van der Waals surface area (Å²) in [6.45, 7) is 0.640. The third kappa shape index (κ3) is 3.61. The Morgan fingerprint density at radius 2 is 2.33 bits per heavy atom. The summed E-state index contributed by atoms with van der Waals surface area (Å²) in [4.78, 5) is 12.5. The molecule has 0 spiro atoms. The smallest absolute Gasteiger partial charge is 0.315 e. The molecule has 0 aromatic carbocycles. The van der Waals surface area contributed by atoms with Crippen LogP contribution >= 0.6 is 11.3 Å². The van der Waals surface area contributed by atoms with Crippen LogP contribution in [0.15, 0.2) is 40.5 Å². The number of amides is 2. The maximum atomic E-state index is 11.5. The number of hydrogen-bond donors (Lipinski definition) is 3. The number of hydrogen-bond acceptors (Lipinski definition) is 4. The summed E-state index contributed by atoms with van der Waals surface area (Å²) in [5.41, 5.74) is 0.647. The van der Waals surface area contributed by atoms with Crippen molar-refractivity contribution in [3.05, 3.63) is 46.5 Å². The highest BCUT2D eigenvalue weighted by Gasteiger charge is 2.10. The van der Waals surface area contributed by atoms with Gasteiger partial charge in [-0.15, -0.1) is 11.3 Å². The van der Waals surface area contributed by atoms with Gasteiger partial charge in [0.25, 0.3) is 0 Å². The van der Waals surface area contributed by atoms with E-state index in [1.807, 2.05) is 17.5 Å². The molecule has 2 aromatic heterocycles. The molecule has 2 aromatic rings. The fourth-order valence-electron chi connectivity index (χ4n) is 1.41. The van der Waals surface area contributed by atoms with Crippen LogP contribution in [-0.2, 0) is 6.54 Å². The molecule has 2 amide bonds. The molecule has 96 valence electrons. The normalized spacial score (nSPS) is 12.1. The fraction of sp³-hybridized carbons (Fsp3) is 0.250. The first-order valence-electron chi connectivity index (χ1n) is 5.50. The van der Waals surface area contributed by atoms with E-state index < -0.39 is 6.10 Å². The van der Waals surface area contributed by atoms with Crippen LogP contribution in [-0.4, -0.2) is 17.7 Å². The van der Waals surface area contributed by atoms with Crippen LogP contribution in [0.4, 0.5) is 4.79 Å². The molecular formula is C12H14N2O3S. The summed E-state index contributed by atoms with van der Waals surface area (Å²) < 4.78 is 4.85. The van der Waals surface area contributed by atoms with Gasteiger partial charge in [0.15, 0.2) is 0 Å². The van der Waals surface area contributed by atoms with E-state index in [-0.39, 0.29) is 12.6 Å². The van der Waals surface area contributed by atoms with Crippen molar-refractivity contribution in [2.75, 3.05) is 6.54 Å². The quantitative estimate of drug-likeness (QED) is 0.773.